The zero-order valence-corrected chi connectivity index (χ0v) is 12.5. The van der Waals surface area contributed by atoms with E-state index in [1.54, 1.807) is 7.05 Å². The van der Waals surface area contributed by atoms with Gasteiger partial charge in [-0.2, -0.15) is 0 Å². The second-order valence-electron chi connectivity index (χ2n) is 4.42. The number of carbonyl (C=O) groups is 1. The topological polar surface area (TPSA) is 97.3 Å². The molecule has 0 bridgehead atoms. The van der Waals surface area contributed by atoms with Crippen molar-refractivity contribution < 1.29 is 29.2 Å². The van der Waals surface area contributed by atoms with Gasteiger partial charge in [0.05, 0.1) is 20.3 Å². The third kappa shape index (κ3) is 4.32. The Labute approximate surface area is 123 Å². The summed E-state index contributed by atoms with van der Waals surface area (Å²) < 4.78 is 15.4. The average Bonchev–Trinajstić information content (AvgIpc) is 2.46. The fourth-order valence-electron chi connectivity index (χ4n) is 1.86. The lowest BCUT2D eigenvalue weighted by atomic mass is 10.0. The van der Waals surface area contributed by atoms with Crippen molar-refractivity contribution in [3.05, 3.63) is 17.7 Å². The van der Waals surface area contributed by atoms with Gasteiger partial charge >= 0.3 is 5.97 Å². The largest absolute Gasteiger partial charge is 0.493 e. The van der Waals surface area contributed by atoms with Crippen LogP contribution in [0.4, 0.5) is 0 Å². The molecule has 1 aromatic carbocycles. The molecule has 2 unspecified atom stereocenters. The Morgan fingerprint density at radius 1 is 1.24 bits per heavy atom. The van der Waals surface area contributed by atoms with Gasteiger partial charge in [-0.25, -0.2) is 0 Å². The van der Waals surface area contributed by atoms with E-state index in [-0.39, 0.29) is 23.8 Å². The summed E-state index contributed by atoms with van der Waals surface area (Å²) in [5.74, 6) is 0.0761. The van der Waals surface area contributed by atoms with E-state index < -0.39 is 18.2 Å². The molecule has 118 valence electrons. The maximum atomic E-state index is 11.1. The number of methoxy groups -OCH3 is 2. The molecule has 1 rings (SSSR count). The van der Waals surface area contributed by atoms with Crippen LogP contribution >= 0.6 is 0 Å². The van der Waals surface area contributed by atoms with Gasteiger partial charge in [-0.05, 0) is 24.7 Å². The Hall–Kier alpha value is -1.83. The number of aliphatic hydroxyl groups is 2. The maximum absolute atomic E-state index is 11.1. The lowest BCUT2D eigenvalue weighted by Crippen LogP contribution is -2.29. The van der Waals surface area contributed by atoms with Crippen LogP contribution in [0, 0.1) is 0 Å². The fourth-order valence-corrected chi connectivity index (χ4v) is 1.86. The molecule has 0 aromatic heterocycles. The van der Waals surface area contributed by atoms with E-state index >= 15 is 0 Å². The van der Waals surface area contributed by atoms with Crippen molar-refractivity contribution in [2.45, 2.75) is 19.1 Å². The van der Waals surface area contributed by atoms with Crippen molar-refractivity contribution in [3.8, 4) is 17.2 Å². The van der Waals surface area contributed by atoms with Crippen LogP contribution in [0.15, 0.2) is 12.1 Å². The summed E-state index contributed by atoms with van der Waals surface area (Å²) in [6.45, 7) is 1.48. The summed E-state index contributed by atoms with van der Waals surface area (Å²) in [5, 5.41) is 22.7. The van der Waals surface area contributed by atoms with Gasteiger partial charge in [-0.1, -0.05) is 0 Å². The van der Waals surface area contributed by atoms with Crippen LogP contribution in [-0.2, 0) is 4.79 Å². The molecule has 0 aliphatic heterocycles. The minimum absolute atomic E-state index is 0.131. The Morgan fingerprint density at radius 2 is 1.76 bits per heavy atom. The number of benzene rings is 1. The molecule has 7 nitrogen and oxygen atoms in total. The van der Waals surface area contributed by atoms with Crippen molar-refractivity contribution >= 4 is 5.97 Å². The van der Waals surface area contributed by atoms with Crippen molar-refractivity contribution in [1.29, 1.82) is 0 Å². The van der Waals surface area contributed by atoms with Gasteiger partial charge in [0.1, 0.15) is 6.10 Å². The first-order valence-corrected chi connectivity index (χ1v) is 6.39. The Kier molecular flexibility index (Phi) is 6.41. The number of carbonyl (C=O) groups excluding carboxylic acids is 1. The molecule has 0 aliphatic rings. The molecule has 3 N–H and O–H groups in total. The van der Waals surface area contributed by atoms with Gasteiger partial charge in [0, 0.05) is 13.5 Å². The monoisotopic (exact) mass is 299 g/mol. The molecule has 0 saturated heterocycles. The number of rotatable bonds is 7. The molecular weight excluding hydrogens is 278 g/mol. The second-order valence-corrected chi connectivity index (χ2v) is 4.42. The van der Waals surface area contributed by atoms with Crippen molar-refractivity contribution in [2.75, 3.05) is 27.8 Å². The van der Waals surface area contributed by atoms with E-state index in [9.17, 15) is 15.0 Å². The maximum Gasteiger partial charge on any atom is 0.308 e. The molecule has 0 fully saturated rings. The number of hydrogen-bond acceptors (Lipinski definition) is 7. The average molecular weight is 299 g/mol. The van der Waals surface area contributed by atoms with Crippen LogP contribution in [0.3, 0.4) is 0 Å². The van der Waals surface area contributed by atoms with Gasteiger partial charge in [0.15, 0.2) is 11.5 Å². The van der Waals surface area contributed by atoms with Crippen LogP contribution < -0.4 is 19.5 Å². The summed E-state index contributed by atoms with van der Waals surface area (Å²) in [6, 6.07) is 2.98. The van der Waals surface area contributed by atoms with E-state index in [0.717, 1.165) is 0 Å². The summed E-state index contributed by atoms with van der Waals surface area (Å²) in [6.07, 6.45) is -2.13. The number of nitrogens with one attached hydrogen (secondary N) is 1. The zero-order chi connectivity index (χ0) is 16.0. The minimum Gasteiger partial charge on any atom is -0.493 e. The SMILES string of the molecule is CNCC(O)C(O)c1cc(OC)c(OC(C)=O)c(OC)c1. The standard InChI is InChI=1S/C14H21NO6/c1-8(16)21-14-11(19-3)5-9(6-12(14)20-4)13(18)10(17)7-15-2/h5-6,10,13,15,17-18H,7H2,1-4H3. The zero-order valence-electron chi connectivity index (χ0n) is 12.5. The summed E-state index contributed by atoms with van der Waals surface area (Å²) in [7, 11) is 4.48. The van der Waals surface area contributed by atoms with E-state index in [2.05, 4.69) is 5.32 Å². The third-order valence-electron chi connectivity index (χ3n) is 2.85. The fraction of sp³-hybridized carbons (Fsp3) is 0.500. The number of esters is 1. The highest BCUT2D eigenvalue weighted by Crippen LogP contribution is 2.40. The molecule has 2 atom stereocenters. The van der Waals surface area contributed by atoms with Crippen LogP contribution in [0.25, 0.3) is 0 Å². The predicted octanol–water partition coefficient (Wildman–Crippen LogP) is 0.243. The van der Waals surface area contributed by atoms with Gasteiger partial charge in [0.2, 0.25) is 5.75 Å². The summed E-state index contributed by atoms with van der Waals surface area (Å²) >= 11 is 0. The highest BCUT2D eigenvalue weighted by atomic mass is 16.6. The molecule has 0 spiro atoms. The number of hydrogen-bond donors (Lipinski definition) is 3. The number of likely N-dealkylation sites (N-methyl/N-ethyl adjacent to an activating group) is 1. The molecule has 0 heterocycles. The molecule has 1 aromatic rings. The lowest BCUT2D eigenvalue weighted by molar-refractivity contribution is -0.132. The molecule has 0 aliphatic carbocycles. The summed E-state index contributed by atoms with van der Waals surface area (Å²) in [4.78, 5) is 11.1. The van der Waals surface area contributed by atoms with Crippen molar-refractivity contribution in [2.24, 2.45) is 0 Å². The Bertz CT molecular complexity index is 465. The van der Waals surface area contributed by atoms with Crippen LogP contribution in [0.5, 0.6) is 17.2 Å². The quantitative estimate of drug-likeness (QED) is 0.490. The van der Waals surface area contributed by atoms with Gasteiger partial charge in [0.25, 0.3) is 0 Å². The number of aliphatic hydroxyl groups excluding tert-OH is 2. The van der Waals surface area contributed by atoms with Crippen molar-refractivity contribution in [1.82, 2.24) is 5.32 Å². The Balaban J connectivity index is 3.22. The third-order valence-corrected chi connectivity index (χ3v) is 2.85. The highest BCUT2D eigenvalue weighted by Gasteiger charge is 2.23. The molecule has 7 heteroatoms. The summed E-state index contributed by atoms with van der Waals surface area (Å²) in [5.41, 5.74) is 0.391. The molecule has 0 radical (unpaired) electrons. The first kappa shape index (κ1) is 17.2. The van der Waals surface area contributed by atoms with Crippen LogP contribution in [0.1, 0.15) is 18.6 Å². The predicted molar refractivity (Wildman–Crippen MR) is 75.7 cm³/mol. The van der Waals surface area contributed by atoms with Gasteiger partial charge in [-0.3, -0.25) is 4.79 Å². The van der Waals surface area contributed by atoms with Crippen LogP contribution in [0.2, 0.25) is 0 Å². The van der Waals surface area contributed by atoms with Crippen LogP contribution in [-0.4, -0.2) is 50.1 Å². The van der Waals surface area contributed by atoms with Gasteiger partial charge in [-0.15, -0.1) is 0 Å². The smallest absolute Gasteiger partial charge is 0.308 e. The first-order chi connectivity index (χ1) is 9.94. The number of ether oxygens (including phenoxy) is 3. The van der Waals surface area contributed by atoms with Gasteiger partial charge < -0.3 is 29.7 Å². The van der Waals surface area contributed by atoms with Crippen molar-refractivity contribution in [3.63, 3.8) is 0 Å². The second kappa shape index (κ2) is 7.82. The van der Waals surface area contributed by atoms with E-state index in [1.165, 1.54) is 33.3 Å². The lowest BCUT2D eigenvalue weighted by Gasteiger charge is -2.20. The molecule has 0 saturated carbocycles. The first-order valence-electron chi connectivity index (χ1n) is 6.39. The Morgan fingerprint density at radius 3 is 2.14 bits per heavy atom. The minimum atomic E-state index is -1.13. The molecule has 0 amide bonds. The normalized spacial score (nSPS) is 13.4. The molecule has 21 heavy (non-hydrogen) atoms. The molecular formula is C14H21NO6. The highest BCUT2D eigenvalue weighted by molar-refractivity contribution is 5.72. The van der Waals surface area contributed by atoms with E-state index in [0.29, 0.717) is 5.56 Å². The van der Waals surface area contributed by atoms with E-state index in [4.69, 9.17) is 14.2 Å². The van der Waals surface area contributed by atoms with E-state index in [1.807, 2.05) is 0 Å².